The van der Waals surface area contributed by atoms with Crippen molar-refractivity contribution in [1.29, 1.82) is 0 Å². The third-order valence-corrected chi connectivity index (χ3v) is 3.33. The fourth-order valence-electron chi connectivity index (χ4n) is 1.97. The van der Waals surface area contributed by atoms with Gasteiger partial charge in [-0.1, -0.05) is 59.3 Å². The second-order valence-corrected chi connectivity index (χ2v) is 5.07. The third kappa shape index (κ3) is 10.8. The SMILES string of the molecule is CCCCCC([O])COCC(CC)CCCC. The van der Waals surface area contributed by atoms with E-state index < -0.39 is 6.10 Å². The lowest BCUT2D eigenvalue weighted by molar-refractivity contribution is -0.0194. The maximum Gasteiger partial charge on any atom is 0.116 e. The molecule has 2 heteroatoms. The Morgan fingerprint density at radius 3 is 2.18 bits per heavy atom. The summed E-state index contributed by atoms with van der Waals surface area (Å²) >= 11 is 0. The van der Waals surface area contributed by atoms with Gasteiger partial charge in [-0.3, -0.25) is 0 Å². The Hall–Kier alpha value is -0.0800. The third-order valence-electron chi connectivity index (χ3n) is 3.33. The average molecular weight is 243 g/mol. The van der Waals surface area contributed by atoms with Gasteiger partial charge in [0.05, 0.1) is 6.61 Å². The number of hydrogen-bond donors (Lipinski definition) is 0. The molecule has 103 valence electrons. The molecule has 0 aliphatic rings. The van der Waals surface area contributed by atoms with E-state index in [2.05, 4.69) is 20.8 Å². The monoisotopic (exact) mass is 243 g/mol. The summed E-state index contributed by atoms with van der Waals surface area (Å²) in [6.45, 7) is 7.78. The van der Waals surface area contributed by atoms with Crippen LogP contribution in [0, 0.1) is 5.92 Å². The molecule has 0 aliphatic heterocycles. The van der Waals surface area contributed by atoms with Crippen LogP contribution in [0.15, 0.2) is 0 Å². The van der Waals surface area contributed by atoms with E-state index >= 15 is 0 Å². The molecule has 0 aromatic heterocycles. The summed E-state index contributed by atoms with van der Waals surface area (Å²) in [7, 11) is 0. The summed E-state index contributed by atoms with van der Waals surface area (Å²) in [4.78, 5) is 0. The van der Waals surface area contributed by atoms with E-state index in [1.165, 1.54) is 38.5 Å². The van der Waals surface area contributed by atoms with E-state index in [1.807, 2.05) is 0 Å². The molecule has 0 rings (SSSR count). The van der Waals surface area contributed by atoms with Gasteiger partial charge in [-0.15, -0.1) is 0 Å². The van der Waals surface area contributed by atoms with Gasteiger partial charge in [0.1, 0.15) is 6.10 Å². The zero-order valence-electron chi connectivity index (χ0n) is 12.0. The molecule has 2 atom stereocenters. The standard InChI is InChI=1S/C15H31O2/c1-4-7-9-11-15(16)13-17-12-14(6-3)10-8-5-2/h14-15H,4-13H2,1-3H3. The molecular weight excluding hydrogens is 212 g/mol. The highest BCUT2D eigenvalue weighted by atomic mass is 16.5. The van der Waals surface area contributed by atoms with Gasteiger partial charge >= 0.3 is 0 Å². The molecule has 2 nitrogen and oxygen atoms in total. The average Bonchev–Trinajstić information content (AvgIpc) is 2.34. The lowest BCUT2D eigenvalue weighted by atomic mass is 10.0. The van der Waals surface area contributed by atoms with Crippen LogP contribution < -0.4 is 0 Å². The molecule has 0 saturated carbocycles. The molecule has 0 aromatic rings. The summed E-state index contributed by atoms with van der Waals surface area (Å²) < 4.78 is 5.56. The van der Waals surface area contributed by atoms with E-state index in [9.17, 15) is 5.11 Å². The first kappa shape index (κ1) is 16.9. The molecule has 2 unspecified atom stereocenters. The Morgan fingerprint density at radius 2 is 1.59 bits per heavy atom. The fourth-order valence-corrected chi connectivity index (χ4v) is 1.97. The highest BCUT2D eigenvalue weighted by Gasteiger charge is 2.09. The predicted molar refractivity (Wildman–Crippen MR) is 72.7 cm³/mol. The van der Waals surface area contributed by atoms with E-state index in [0.717, 1.165) is 19.4 Å². The minimum absolute atomic E-state index is 0.409. The lowest BCUT2D eigenvalue weighted by Gasteiger charge is -2.16. The first-order valence-corrected chi connectivity index (χ1v) is 7.48. The Kier molecular flexibility index (Phi) is 12.3. The van der Waals surface area contributed by atoms with Gasteiger partial charge in [0, 0.05) is 6.61 Å². The smallest absolute Gasteiger partial charge is 0.116 e. The van der Waals surface area contributed by atoms with E-state index in [1.54, 1.807) is 0 Å². The first-order valence-electron chi connectivity index (χ1n) is 7.48. The number of ether oxygens (including phenoxy) is 1. The van der Waals surface area contributed by atoms with Crippen LogP contribution >= 0.6 is 0 Å². The molecule has 0 fully saturated rings. The van der Waals surface area contributed by atoms with Gasteiger partial charge in [-0.05, 0) is 18.8 Å². The zero-order valence-corrected chi connectivity index (χ0v) is 12.0. The molecule has 0 aromatic carbocycles. The molecule has 0 spiro atoms. The maximum atomic E-state index is 11.6. The molecular formula is C15H31O2. The highest BCUT2D eigenvalue weighted by Crippen LogP contribution is 2.13. The normalized spacial score (nSPS) is 14.8. The van der Waals surface area contributed by atoms with Crippen molar-refractivity contribution in [3.63, 3.8) is 0 Å². The Morgan fingerprint density at radius 1 is 0.882 bits per heavy atom. The van der Waals surface area contributed by atoms with Crippen LogP contribution in [0.2, 0.25) is 0 Å². The summed E-state index contributed by atoms with van der Waals surface area (Å²) in [5.74, 6) is 0.651. The van der Waals surface area contributed by atoms with Gasteiger partial charge in [0.15, 0.2) is 0 Å². The summed E-state index contributed by atoms with van der Waals surface area (Å²) in [5, 5.41) is 11.6. The first-order chi connectivity index (χ1) is 8.24. The fraction of sp³-hybridized carbons (Fsp3) is 1.00. The molecule has 0 N–H and O–H groups in total. The van der Waals surface area contributed by atoms with Crippen molar-refractivity contribution in [2.24, 2.45) is 5.92 Å². The van der Waals surface area contributed by atoms with E-state index in [-0.39, 0.29) is 0 Å². The molecule has 17 heavy (non-hydrogen) atoms. The molecule has 0 heterocycles. The van der Waals surface area contributed by atoms with Crippen LogP contribution in [0.4, 0.5) is 0 Å². The van der Waals surface area contributed by atoms with Crippen molar-refractivity contribution in [3.05, 3.63) is 0 Å². The van der Waals surface area contributed by atoms with Crippen LogP contribution in [0.5, 0.6) is 0 Å². The Bertz CT molecular complexity index is 148. The predicted octanol–water partition coefficient (Wildman–Crippen LogP) is 4.60. The van der Waals surface area contributed by atoms with Crippen LogP contribution in [0.1, 0.15) is 72.1 Å². The van der Waals surface area contributed by atoms with Gasteiger partial charge in [0.2, 0.25) is 0 Å². The van der Waals surface area contributed by atoms with Gasteiger partial charge in [0.25, 0.3) is 0 Å². The van der Waals surface area contributed by atoms with E-state index in [4.69, 9.17) is 4.74 Å². The summed E-state index contributed by atoms with van der Waals surface area (Å²) in [6, 6.07) is 0. The van der Waals surface area contributed by atoms with Crippen LogP contribution in [0.3, 0.4) is 0 Å². The highest BCUT2D eigenvalue weighted by molar-refractivity contribution is 4.58. The van der Waals surface area contributed by atoms with Crippen molar-refractivity contribution in [2.75, 3.05) is 13.2 Å². The minimum Gasteiger partial charge on any atom is -0.378 e. The second kappa shape index (κ2) is 12.4. The van der Waals surface area contributed by atoms with Crippen LogP contribution in [-0.2, 0) is 9.84 Å². The lowest BCUT2D eigenvalue weighted by Crippen LogP contribution is -2.17. The number of unbranched alkanes of at least 4 members (excludes halogenated alkanes) is 3. The number of rotatable bonds is 12. The van der Waals surface area contributed by atoms with Crippen molar-refractivity contribution >= 4 is 0 Å². The molecule has 0 aliphatic carbocycles. The van der Waals surface area contributed by atoms with Crippen LogP contribution in [0.25, 0.3) is 0 Å². The summed E-state index contributed by atoms with van der Waals surface area (Å²) in [5.41, 5.74) is 0. The second-order valence-electron chi connectivity index (χ2n) is 5.07. The quantitative estimate of drug-likeness (QED) is 0.461. The largest absolute Gasteiger partial charge is 0.378 e. The molecule has 0 bridgehead atoms. The molecule has 0 saturated heterocycles. The van der Waals surface area contributed by atoms with Crippen molar-refractivity contribution < 1.29 is 9.84 Å². The van der Waals surface area contributed by atoms with Gasteiger partial charge in [-0.2, -0.15) is 0 Å². The van der Waals surface area contributed by atoms with Gasteiger partial charge in [-0.25, -0.2) is 5.11 Å². The van der Waals surface area contributed by atoms with Crippen LogP contribution in [-0.4, -0.2) is 19.3 Å². The summed E-state index contributed by atoms with van der Waals surface area (Å²) in [6.07, 6.45) is 8.61. The van der Waals surface area contributed by atoms with Crippen molar-refractivity contribution in [1.82, 2.24) is 0 Å². The number of hydrogen-bond acceptors (Lipinski definition) is 1. The Labute approximate surface area is 108 Å². The molecule has 0 amide bonds. The zero-order chi connectivity index (χ0) is 12.9. The Balaban J connectivity index is 3.45. The van der Waals surface area contributed by atoms with Gasteiger partial charge < -0.3 is 4.74 Å². The molecule has 1 radical (unpaired) electrons. The van der Waals surface area contributed by atoms with E-state index in [0.29, 0.717) is 12.5 Å². The van der Waals surface area contributed by atoms with Crippen molar-refractivity contribution in [2.45, 2.75) is 78.2 Å². The topological polar surface area (TPSA) is 29.1 Å². The maximum absolute atomic E-state index is 11.6. The minimum atomic E-state index is -0.509. The van der Waals surface area contributed by atoms with Crippen molar-refractivity contribution in [3.8, 4) is 0 Å².